The van der Waals surface area contributed by atoms with Gasteiger partial charge in [-0.3, -0.25) is 0 Å². The largest absolute Gasteiger partial charge is 0.611 e. The van der Waals surface area contributed by atoms with Crippen LogP contribution in [0.4, 0.5) is 24.7 Å². The SMILES string of the molecule is COCC[S+]([O-])c1sc2nc(-c3ccc(N)nc3)cc(C(F)(F)F)c2c1N. The van der Waals surface area contributed by atoms with Crippen LogP contribution in [0, 0.1) is 0 Å². The number of anilines is 2. The van der Waals surface area contributed by atoms with Gasteiger partial charge in [-0.1, -0.05) is 11.3 Å². The molecule has 3 rings (SSSR count). The second kappa shape index (κ2) is 7.50. The van der Waals surface area contributed by atoms with E-state index in [2.05, 4.69) is 9.97 Å². The Labute approximate surface area is 159 Å². The highest BCUT2D eigenvalue weighted by atomic mass is 32.2. The highest BCUT2D eigenvalue weighted by Crippen LogP contribution is 2.45. The van der Waals surface area contributed by atoms with Crippen LogP contribution in [-0.2, 0) is 22.1 Å². The minimum atomic E-state index is -4.66. The molecule has 0 aliphatic carbocycles. The fraction of sp³-hybridized carbons (Fsp3) is 0.250. The average molecular weight is 416 g/mol. The van der Waals surface area contributed by atoms with Crippen molar-refractivity contribution in [2.24, 2.45) is 0 Å². The number of aromatic nitrogens is 2. The molecule has 4 N–H and O–H groups in total. The highest BCUT2D eigenvalue weighted by Gasteiger charge is 2.37. The smallest absolute Gasteiger partial charge is 0.417 e. The van der Waals surface area contributed by atoms with Crippen molar-refractivity contribution in [3.63, 3.8) is 0 Å². The van der Waals surface area contributed by atoms with E-state index in [1.54, 1.807) is 0 Å². The number of nitrogen functional groups attached to an aromatic ring is 2. The molecular weight excluding hydrogens is 401 g/mol. The Kier molecular flexibility index (Phi) is 5.47. The Bertz CT molecular complexity index is 961. The van der Waals surface area contributed by atoms with Crippen molar-refractivity contribution in [2.45, 2.75) is 10.4 Å². The van der Waals surface area contributed by atoms with Gasteiger partial charge in [-0.25, -0.2) is 9.97 Å². The molecule has 0 amide bonds. The molecule has 11 heteroatoms. The van der Waals surface area contributed by atoms with Crippen molar-refractivity contribution >= 4 is 44.2 Å². The molecule has 144 valence electrons. The molecule has 0 aliphatic heterocycles. The molecule has 6 nitrogen and oxygen atoms in total. The van der Waals surface area contributed by atoms with E-state index in [0.717, 1.165) is 17.4 Å². The number of pyridine rings is 2. The summed E-state index contributed by atoms with van der Waals surface area (Å²) >= 11 is -0.697. The van der Waals surface area contributed by atoms with Gasteiger partial charge >= 0.3 is 6.18 Å². The third-order valence-corrected chi connectivity index (χ3v) is 6.60. The van der Waals surface area contributed by atoms with E-state index in [1.165, 1.54) is 25.4 Å². The Hall–Kier alpha value is -2.08. The van der Waals surface area contributed by atoms with Crippen molar-refractivity contribution in [3.05, 3.63) is 30.0 Å². The second-order valence-corrected chi connectivity index (χ2v) is 8.32. The van der Waals surface area contributed by atoms with Crippen molar-refractivity contribution in [1.82, 2.24) is 9.97 Å². The summed E-state index contributed by atoms with van der Waals surface area (Å²) in [4.78, 5) is 8.24. The monoisotopic (exact) mass is 416 g/mol. The summed E-state index contributed by atoms with van der Waals surface area (Å²) in [5.74, 6) is 0.371. The first kappa shape index (κ1) is 19.7. The van der Waals surface area contributed by atoms with E-state index in [-0.39, 0.29) is 44.0 Å². The van der Waals surface area contributed by atoms with E-state index in [9.17, 15) is 17.7 Å². The van der Waals surface area contributed by atoms with Gasteiger partial charge in [0.2, 0.25) is 4.21 Å². The van der Waals surface area contributed by atoms with Crippen LogP contribution >= 0.6 is 11.3 Å². The van der Waals surface area contributed by atoms with Gasteiger partial charge in [-0.15, -0.1) is 0 Å². The van der Waals surface area contributed by atoms with E-state index >= 15 is 0 Å². The number of rotatable bonds is 5. The fourth-order valence-electron chi connectivity index (χ4n) is 2.45. The van der Waals surface area contributed by atoms with Crippen LogP contribution in [0.1, 0.15) is 5.56 Å². The maximum Gasteiger partial charge on any atom is 0.417 e. The Balaban J connectivity index is 2.20. The number of halogens is 3. The lowest BCUT2D eigenvalue weighted by Crippen LogP contribution is -2.12. The molecule has 27 heavy (non-hydrogen) atoms. The molecule has 3 aromatic rings. The zero-order valence-corrected chi connectivity index (χ0v) is 15.7. The van der Waals surface area contributed by atoms with Crippen LogP contribution in [-0.4, -0.2) is 34.0 Å². The van der Waals surface area contributed by atoms with Gasteiger partial charge < -0.3 is 20.8 Å². The molecule has 0 bridgehead atoms. The summed E-state index contributed by atoms with van der Waals surface area (Å²) in [6.07, 6.45) is -3.31. The van der Waals surface area contributed by atoms with Crippen molar-refractivity contribution < 1.29 is 22.5 Å². The number of hydrogen-bond acceptors (Lipinski definition) is 7. The number of alkyl halides is 3. The third kappa shape index (κ3) is 3.95. The van der Waals surface area contributed by atoms with Crippen LogP contribution in [0.15, 0.2) is 28.6 Å². The summed E-state index contributed by atoms with van der Waals surface area (Å²) < 4.78 is 58.4. The first-order chi connectivity index (χ1) is 12.7. The van der Waals surface area contributed by atoms with E-state index in [1.807, 2.05) is 0 Å². The number of nitrogens with zero attached hydrogens (tertiary/aromatic N) is 2. The van der Waals surface area contributed by atoms with Crippen LogP contribution < -0.4 is 11.5 Å². The Morgan fingerprint density at radius 1 is 1.30 bits per heavy atom. The predicted octanol–water partition coefficient (Wildman–Crippen LogP) is 3.30. The molecule has 0 saturated carbocycles. The summed E-state index contributed by atoms with van der Waals surface area (Å²) in [5, 5.41) is -0.236. The van der Waals surface area contributed by atoms with Gasteiger partial charge in [0.05, 0.1) is 23.3 Å². The predicted molar refractivity (Wildman–Crippen MR) is 99.8 cm³/mol. The molecule has 1 unspecified atom stereocenters. The zero-order valence-electron chi connectivity index (χ0n) is 14.0. The lowest BCUT2D eigenvalue weighted by molar-refractivity contribution is -0.136. The van der Waals surface area contributed by atoms with Crippen molar-refractivity contribution in [1.29, 1.82) is 0 Å². The first-order valence-corrected chi connectivity index (χ1v) is 9.75. The average Bonchev–Trinajstić information content (AvgIpc) is 2.95. The van der Waals surface area contributed by atoms with E-state index < -0.39 is 22.9 Å². The molecule has 0 aromatic carbocycles. The third-order valence-electron chi connectivity index (χ3n) is 3.73. The number of methoxy groups -OCH3 is 1. The Morgan fingerprint density at radius 2 is 2.04 bits per heavy atom. The lowest BCUT2D eigenvalue weighted by atomic mass is 10.1. The van der Waals surface area contributed by atoms with E-state index in [4.69, 9.17) is 16.2 Å². The van der Waals surface area contributed by atoms with Gasteiger partial charge in [0.15, 0.2) is 0 Å². The molecule has 0 fully saturated rings. The highest BCUT2D eigenvalue weighted by molar-refractivity contribution is 7.93. The molecule has 0 spiro atoms. The first-order valence-electron chi connectivity index (χ1n) is 7.61. The van der Waals surface area contributed by atoms with E-state index in [0.29, 0.717) is 5.56 Å². The van der Waals surface area contributed by atoms with Gasteiger partial charge in [0.1, 0.15) is 22.1 Å². The minimum Gasteiger partial charge on any atom is -0.611 e. The lowest BCUT2D eigenvalue weighted by Gasteiger charge is -2.11. The van der Waals surface area contributed by atoms with Crippen LogP contribution in [0.25, 0.3) is 21.5 Å². The second-order valence-electron chi connectivity index (χ2n) is 5.55. The Morgan fingerprint density at radius 3 is 2.63 bits per heavy atom. The van der Waals surface area contributed by atoms with Gasteiger partial charge in [-0.05, 0) is 18.2 Å². The van der Waals surface area contributed by atoms with Crippen molar-refractivity contribution in [3.8, 4) is 11.3 Å². The topological polar surface area (TPSA) is 110 Å². The normalized spacial score (nSPS) is 13.2. The zero-order chi connectivity index (χ0) is 19.8. The quantitative estimate of drug-likeness (QED) is 0.618. The van der Waals surface area contributed by atoms with Gasteiger partial charge in [0.25, 0.3) is 0 Å². The summed E-state index contributed by atoms with van der Waals surface area (Å²) in [5.41, 5.74) is 10.8. The summed E-state index contributed by atoms with van der Waals surface area (Å²) in [6.45, 7) is 0.197. The number of nitrogens with two attached hydrogens (primary N) is 2. The molecule has 0 radical (unpaired) electrons. The summed E-state index contributed by atoms with van der Waals surface area (Å²) in [7, 11) is 1.45. The molecule has 0 saturated heterocycles. The van der Waals surface area contributed by atoms with Gasteiger partial charge in [0, 0.05) is 30.0 Å². The minimum absolute atomic E-state index is 0.0647. The number of hydrogen-bond donors (Lipinski definition) is 2. The molecule has 0 aliphatic rings. The molecule has 3 heterocycles. The van der Waals surface area contributed by atoms with Crippen LogP contribution in [0.5, 0.6) is 0 Å². The maximum absolute atomic E-state index is 13.7. The number of thiophene rings is 1. The van der Waals surface area contributed by atoms with Crippen LogP contribution in [0.3, 0.4) is 0 Å². The molecule has 3 aromatic heterocycles. The number of fused-ring (bicyclic) bond motifs is 1. The molecule has 1 atom stereocenters. The number of ether oxygens (including phenoxy) is 1. The molecular formula is C16H15F3N4O2S2. The summed E-state index contributed by atoms with van der Waals surface area (Å²) in [6, 6.07) is 3.92. The van der Waals surface area contributed by atoms with Crippen LogP contribution in [0.2, 0.25) is 0 Å². The standard InChI is InChI=1S/C16H15F3N4O2S2/c1-25-4-5-27(24)15-13(21)12-9(16(17,18)19)6-10(23-14(12)26-15)8-2-3-11(20)22-7-8/h2-3,6-7H,4-5,21H2,1H3,(H2,20,22). The fourth-order valence-corrected chi connectivity index (χ4v) is 5.01. The van der Waals surface area contributed by atoms with Gasteiger partial charge in [-0.2, -0.15) is 13.2 Å². The van der Waals surface area contributed by atoms with Crippen molar-refractivity contribution in [2.75, 3.05) is 30.9 Å². The maximum atomic E-state index is 13.7.